The maximum absolute atomic E-state index is 14.4. The highest BCUT2D eigenvalue weighted by atomic mass is 19.4. The molecule has 0 amide bonds. The van der Waals surface area contributed by atoms with E-state index in [9.17, 15) is 31.9 Å². The molecule has 0 saturated heterocycles. The van der Waals surface area contributed by atoms with Crippen molar-refractivity contribution < 1.29 is 31.9 Å². The van der Waals surface area contributed by atoms with E-state index in [4.69, 9.17) is 0 Å². The lowest BCUT2D eigenvalue weighted by Gasteiger charge is -2.59. The van der Waals surface area contributed by atoms with Gasteiger partial charge >= 0.3 is 12.1 Å². The molecule has 0 heterocycles. The van der Waals surface area contributed by atoms with Crippen molar-refractivity contribution in [1.82, 2.24) is 0 Å². The Hall–Kier alpha value is -0.980. The second-order valence-corrected chi connectivity index (χ2v) is 9.90. The number of hydrogen-bond acceptors (Lipinski definition) is 2. The molecule has 0 radical (unpaired) electrons. The standard InChI is InChI=1S/C21H27F5O2/c1-17-8-5-13(27)11-12(17)3-4-14-15(17)6-9-18(2)16(14)7-10-19(18,28)20(22,23)21(24,25)26/h11,14-16,28H,3-10H2,1-2H3/t14-,15-,16+,17+,18+,19?/m1/s1. The molecule has 28 heavy (non-hydrogen) atoms. The van der Waals surface area contributed by atoms with Crippen molar-refractivity contribution in [1.29, 1.82) is 0 Å². The molecule has 4 aliphatic carbocycles. The number of fused-ring (bicyclic) bond motifs is 5. The number of carbonyl (C=O) groups excluding carboxylic acids is 1. The molecule has 0 spiro atoms. The molecule has 0 aliphatic heterocycles. The molecular weight excluding hydrogens is 379 g/mol. The molecule has 2 nitrogen and oxygen atoms in total. The van der Waals surface area contributed by atoms with Crippen molar-refractivity contribution in [2.45, 2.75) is 82.9 Å². The van der Waals surface area contributed by atoms with Gasteiger partial charge in [-0.3, -0.25) is 4.79 Å². The molecule has 158 valence electrons. The molecule has 1 unspecified atom stereocenters. The summed E-state index contributed by atoms with van der Waals surface area (Å²) < 4.78 is 68.3. The third kappa shape index (κ3) is 2.31. The molecule has 6 atom stereocenters. The van der Waals surface area contributed by atoms with Crippen LogP contribution in [0.5, 0.6) is 0 Å². The topological polar surface area (TPSA) is 37.3 Å². The number of rotatable bonds is 1. The Morgan fingerprint density at radius 2 is 1.61 bits per heavy atom. The van der Waals surface area contributed by atoms with Crippen LogP contribution in [0, 0.1) is 28.6 Å². The van der Waals surface area contributed by atoms with Crippen LogP contribution < -0.4 is 0 Å². The summed E-state index contributed by atoms with van der Waals surface area (Å²) >= 11 is 0. The third-order valence-corrected chi connectivity index (χ3v) is 8.99. The first kappa shape index (κ1) is 20.3. The normalized spacial score (nSPS) is 46.5. The highest BCUT2D eigenvalue weighted by Gasteiger charge is 2.79. The molecule has 1 N–H and O–H groups in total. The molecule has 3 fully saturated rings. The second kappa shape index (κ2) is 5.79. The predicted molar refractivity (Wildman–Crippen MR) is 92.7 cm³/mol. The van der Waals surface area contributed by atoms with Crippen LogP contribution in [-0.4, -0.2) is 28.6 Å². The SMILES string of the molecule is C[C@]12CCC(=O)C=C1CC[C@@H]1[C@H]2CC[C@@]2(C)[C@H]1CCC2(O)C(F)(F)C(F)(F)F. The Kier molecular flexibility index (Phi) is 4.20. The number of allylic oxidation sites excluding steroid dienone is 1. The number of aliphatic hydroxyl groups is 1. The Morgan fingerprint density at radius 1 is 0.964 bits per heavy atom. The minimum Gasteiger partial charge on any atom is -0.383 e. The minimum atomic E-state index is -5.77. The van der Waals surface area contributed by atoms with Gasteiger partial charge in [-0.05, 0) is 74.2 Å². The summed E-state index contributed by atoms with van der Waals surface area (Å²) in [6.07, 6.45) is -1.17. The van der Waals surface area contributed by atoms with Crippen molar-refractivity contribution in [3.05, 3.63) is 11.6 Å². The summed E-state index contributed by atoms with van der Waals surface area (Å²) in [5, 5.41) is 10.8. The van der Waals surface area contributed by atoms with Crippen LogP contribution in [0.2, 0.25) is 0 Å². The molecule has 0 bridgehead atoms. The van der Waals surface area contributed by atoms with E-state index >= 15 is 0 Å². The van der Waals surface area contributed by atoms with Gasteiger partial charge in [0.1, 0.15) is 5.60 Å². The van der Waals surface area contributed by atoms with Gasteiger partial charge in [-0.25, -0.2) is 0 Å². The fraction of sp³-hybridized carbons (Fsp3) is 0.857. The summed E-state index contributed by atoms with van der Waals surface area (Å²) in [6.45, 7) is 3.56. The third-order valence-electron chi connectivity index (χ3n) is 8.99. The maximum Gasteiger partial charge on any atom is 0.456 e. The molecule has 4 aliphatic rings. The molecule has 7 heteroatoms. The minimum absolute atomic E-state index is 0.00663. The molecule has 0 aromatic rings. The number of carbonyl (C=O) groups is 1. The average molecular weight is 406 g/mol. The van der Waals surface area contributed by atoms with Crippen molar-refractivity contribution in [3.63, 3.8) is 0 Å². The lowest BCUT2D eigenvalue weighted by Crippen LogP contribution is -2.65. The van der Waals surface area contributed by atoms with Gasteiger partial charge in [-0.1, -0.05) is 19.4 Å². The van der Waals surface area contributed by atoms with Crippen molar-refractivity contribution in [2.75, 3.05) is 0 Å². The van der Waals surface area contributed by atoms with E-state index in [1.165, 1.54) is 6.92 Å². The van der Waals surface area contributed by atoms with Crippen LogP contribution in [0.1, 0.15) is 65.2 Å². The molecule has 3 saturated carbocycles. The number of halogens is 5. The summed E-state index contributed by atoms with van der Waals surface area (Å²) in [5.41, 5.74) is -3.60. The highest BCUT2D eigenvalue weighted by Crippen LogP contribution is 2.70. The van der Waals surface area contributed by atoms with Crippen LogP contribution in [0.15, 0.2) is 11.6 Å². The summed E-state index contributed by atoms with van der Waals surface area (Å²) in [7, 11) is 0. The van der Waals surface area contributed by atoms with Gasteiger partial charge in [0.05, 0.1) is 0 Å². The van der Waals surface area contributed by atoms with E-state index in [1.54, 1.807) is 6.08 Å². The van der Waals surface area contributed by atoms with E-state index < -0.39 is 29.5 Å². The van der Waals surface area contributed by atoms with Gasteiger partial charge in [0.25, 0.3) is 0 Å². The van der Waals surface area contributed by atoms with Gasteiger partial charge in [0, 0.05) is 11.8 Å². The van der Waals surface area contributed by atoms with Crippen LogP contribution in [0.3, 0.4) is 0 Å². The predicted octanol–water partition coefficient (Wildman–Crippen LogP) is 5.45. The smallest absolute Gasteiger partial charge is 0.383 e. The summed E-state index contributed by atoms with van der Waals surface area (Å²) in [4.78, 5) is 11.8. The van der Waals surface area contributed by atoms with Gasteiger partial charge in [0.15, 0.2) is 5.78 Å². The Labute approximate surface area is 161 Å². The number of alkyl halides is 5. The summed E-state index contributed by atoms with van der Waals surface area (Å²) in [6, 6.07) is 0. The van der Waals surface area contributed by atoms with E-state index in [2.05, 4.69) is 6.92 Å². The lowest BCUT2D eigenvalue weighted by atomic mass is 9.46. The van der Waals surface area contributed by atoms with Gasteiger partial charge in [-0.2, -0.15) is 22.0 Å². The zero-order valence-electron chi connectivity index (χ0n) is 16.2. The van der Waals surface area contributed by atoms with Crippen LogP contribution in [0.4, 0.5) is 22.0 Å². The Bertz CT molecular complexity index is 729. The van der Waals surface area contributed by atoms with E-state index in [0.717, 1.165) is 5.57 Å². The largest absolute Gasteiger partial charge is 0.456 e. The number of ketones is 1. The molecule has 0 aromatic carbocycles. The van der Waals surface area contributed by atoms with Gasteiger partial charge in [0.2, 0.25) is 0 Å². The molecular formula is C21H27F5O2. The fourth-order valence-electron chi connectivity index (χ4n) is 7.33. The van der Waals surface area contributed by atoms with Crippen LogP contribution >= 0.6 is 0 Å². The zero-order valence-corrected chi connectivity index (χ0v) is 16.2. The van der Waals surface area contributed by atoms with Crippen molar-refractivity contribution in [3.8, 4) is 0 Å². The summed E-state index contributed by atoms with van der Waals surface area (Å²) in [5.74, 6) is -5.20. The Balaban J connectivity index is 1.70. The quantitative estimate of drug-likeness (QED) is 0.588. The van der Waals surface area contributed by atoms with Gasteiger partial charge in [-0.15, -0.1) is 0 Å². The first-order valence-electron chi connectivity index (χ1n) is 10.2. The maximum atomic E-state index is 14.4. The molecule has 0 aromatic heterocycles. The van der Waals surface area contributed by atoms with E-state index in [0.29, 0.717) is 32.1 Å². The van der Waals surface area contributed by atoms with Crippen LogP contribution in [-0.2, 0) is 4.79 Å². The second-order valence-electron chi connectivity index (χ2n) is 9.90. The number of hydrogen-bond donors (Lipinski definition) is 1. The first-order chi connectivity index (χ1) is 12.8. The average Bonchev–Trinajstić information content (AvgIpc) is 2.87. The zero-order chi connectivity index (χ0) is 20.8. The Morgan fingerprint density at radius 3 is 2.25 bits per heavy atom. The van der Waals surface area contributed by atoms with Gasteiger partial charge < -0.3 is 5.11 Å². The van der Waals surface area contributed by atoms with E-state index in [1.807, 2.05) is 0 Å². The first-order valence-corrected chi connectivity index (χ1v) is 10.2. The van der Waals surface area contributed by atoms with Crippen molar-refractivity contribution >= 4 is 5.78 Å². The monoisotopic (exact) mass is 406 g/mol. The lowest BCUT2D eigenvalue weighted by molar-refractivity contribution is -0.363. The highest BCUT2D eigenvalue weighted by molar-refractivity contribution is 5.91. The van der Waals surface area contributed by atoms with Crippen molar-refractivity contribution in [2.24, 2.45) is 28.6 Å². The fourth-order valence-corrected chi connectivity index (χ4v) is 7.33. The van der Waals surface area contributed by atoms with E-state index in [-0.39, 0.29) is 41.8 Å². The molecule has 4 rings (SSSR count). The van der Waals surface area contributed by atoms with Crippen LogP contribution in [0.25, 0.3) is 0 Å².